The second-order valence-electron chi connectivity index (χ2n) is 3.34. The van der Waals surface area contributed by atoms with Crippen molar-refractivity contribution in [3.05, 3.63) is 0 Å². The number of aliphatic carboxylic acids is 1. The fourth-order valence-corrected chi connectivity index (χ4v) is 1.10. The molecule has 0 aliphatic carbocycles. The average Bonchev–Trinajstić information content (AvgIpc) is 2.02. The smallest absolute Gasteiger partial charge is 0.303 e. The summed E-state index contributed by atoms with van der Waals surface area (Å²) in [5.41, 5.74) is 0. The number of hydrogen-bond donors (Lipinski definition) is 1. The van der Waals surface area contributed by atoms with Crippen molar-refractivity contribution in [1.29, 1.82) is 0 Å². The second-order valence-corrected chi connectivity index (χ2v) is 3.34. The van der Waals surface area contributed by atoms with Crippen molar-refractivity contribution in [2.24, 2.45) is 0 Å². The highest BCUT2D eigenvalue weighted by Gasteiger charge is 2.04. The Morgan fingerprint density at radius 2 is 1.43 bits per heavy atom. The molecular formula is C10H16O4. The van der Waals surface area contributed by atoms with Gasteiger partial charge in [0.1, 0.15) is 11.6 Å². The number of carboxylic acid groups (broad SMARTS) is 1. The van der Waals surface area contributed by atoms with Crippen molar-refractivity contribution in [3.63, 3.8) is 0 Å². The zero-order valence-corrected chi connectivity index (χ0v) is 8.41. The van der Waals surface area contributed by atoms with Crippen molar-refractivity contribution in [1.82, 2.24) is 0 Å². The summed E-state index contributed by atoms with van der Waals surface area (Å²) < 4.78 is 0. The van der Waals surface area contributed by atoms with E-state index in [1.54, 1.807) is 0 Å². The molecule has 0 rings (SSSR count). The first-order chi connectivity index (χ1) is 6.52. The van der Waals surface area contributed by atoms with E-state index in [0.717, 1.165) is 0 Å². The molecule has 0 bridgehead atoms. The van der Waals surface area contributed by atoms with Crippen LogP contribution >= 0.6 is 0 Å². The van der Waals surface area contributed by atoms with Gasteiger partial charge in [-0.3, -0.25) is 9.59 Å². The summed E-state index contributed by atoms with van der Waals surface area (Å²) in [6.45, 7) is 1.49. The Bertz CT molecular complexity index is 198. The minimum Gasteiger partial charge on any atom is -0.481 e. The normalized spacial score (nSPS) is 9.79. The summed E-state index contributed by atoms with van der Waals surface area (Å²) in [6, 6.07) is 0. The summed E-state index contributed by atoms with van der Waals surface area (Å²) >= 11 is 0. The predicted molar refractivity (Wildman–Crippen MR) is 51.0 cm³/mol. The van der Waals surface area contributed by atoms with Gasteiger partial charge in [0.15, 0.2) is 0 Å². The predicted octanol–water partition coefficient (Wildman–Crippen LogP) is 1.57. The van der Waals surface area contributed by atoms with E-state index in [4.69, 9.17) is 5.11 Å². The molecule has 0 aromatic heterocycles. The highest BCUT2D eigenvalue weighted by Crippen LogP contribution is 2.04. The van der Waals surface area contributed by atoms with Crippen LogP contribution in [0, 0.1) is 0 Å². The first-order valence-corrected chi connectivity index (χ1v) is 4.75. The van der Waals surface area contributed by atoms with Crippen molar-refractivity contribution in [3.8, 4) is 0 Å². The van der Waals surface area contributed by atoms with Gasteiger partial charge in [0.2, 0.25) is 0 Å². The lowest BCUT2D eigenvalue weighted by Gasteiger charge is -1.98. The molecule has 0 radical (unpaired) electrons. The zero-order valence-electron chi connectivity index (χ0n) is 8.41. The molecule has 0 aromatic carbocycles. The van der Waals surface area contributed by atoms with E-state index in [-0.39, 0.29) is 18.0 Å². The van der Waals surface area contributed by atoms with Gasteiger partial charge >= 0.3 is 5.97 Å². The number of hydrogen-bond acceptors (Lipinski definition) is 3. The van der Waals surface area contributed by atoms with Crippen molar-refractivity contribution >= 4 is 17.5 Å². The molecular weight excluding hydrogens is 184 g/mol. The monoisotopic (exact) mass is 200 g/mol. The maximum Gasteiger partial charge on any atom is 0.303 e. The highest BCUT2D eigenvalue weighted by molar-refractivity contribution is 5.80. The molecule has 0 unspecified atom stereocenters. The van der Waals surface area contributed by atoms with Gasteiger partial charge in [-0.25, -0.2) is 0 Å². The molecule has 0 aliphatic rings. The summed E-state index contributed by atoms with van der Waals surface area (Å²) in [4.78, 5) is 31.8. The average molecular weight is 200 g/mol. The minimum absolute atomic E-state index is 0.0401. The molecule has 0 saturated heterocycles. The molecule has 0 saturated carbocycles. The Morgan fingerprint density at radius 3 is 1.86 bits per heavy atom. The SMILES string of the molecule is CC(=O)CCCC(=O)CCCC(=O)O. The van der Waals surface area contributed by atoms with E-state index in [2.05, 4.69) is 0 Å². The topological polar surface area (TPSA) is 71.4 Å². The first kappa shape index (κ1) is 12.8. The molecule has 0 fully saturated rings. The molecule has 0 aliphatic heterocycles. The van der Waals surface area contributed by atoms with Crippen LogP contribution in [0.25, 0.3) is 0 Å². The van der Waals surface area contributed by atoms with Crippen LogP contribution in [0.5, 0.6) is 0 Å². The molecule has 0 atom stereocenters. The van der Waals surface area contributed by atoms with Gasteiger partial charge in [-0.15, -0.1) is 0 Å². The van der Waals surface area contributed by atoms with Crippen LogP contribution in [0.15, 0.2) is 0 Å². The number of rotatable bonds is 8. The zero-order chi connectivity index (χ0) is 11.0. The third-order valence-electron chi connectivity index (χ3n) is 1.83. The Hall–Kier alpha value is -1.19. The van der Waals surface area contributed by atoms with E-state index in [0.29, 0.717) is 32.1 Å². The summed E-state index contributed by atoms with van der Waals surface area (Å²) in [6.07, 6.45) is 2.15. The van der Waals surface area contributed by atoms with Gasteiger partial charge in [0, 0.05) is 25.7 Å². The summed E-state index contributed by atoms with van der Waals surface area (Å²) in [5, 5.41) is 8.32. The van der Waals surface area contributed by atoms with Crippen molar-refractivity contribution < 1.29 is 19.5 Å². The fourth-order valence-electron chi connectivity index (χ4n) is 1.10. The van der Waals surface area contributed by atoms with Gasteiger partial charge in [-0.2, -0.15) is 0 Å². The van der Waals surface area contributed by atoms with E-state index < -0.39 is 5.97 Å². The van der Waals surface area contributed by atoms with Crippen LogP contribution in [-0.2, 0) is 14.4 Å². The molecule has 0 heterocycles. The number of ketones is 2. The molecule has 4 nitrogen and oxygen atoms in total. The lowest BCUT2D eigenvalue weighted by molar-refractivity contribution is -0.137. The maximum atomic E-state index is 11.1. The Kier molecular flexibility index (Phi) is 6.62. The molecule has 0 amide bonds. The Labute approximate surface area is 83.3 Å². The minimum atomic E-state index is -0.874. The van der Waals surface area contributed by atoms with Crippen LogP contribution in [0.1, 0.15) is 45.4 Å². The number of carbonyl (C=O) groups excluding carboxylic acids is 2. The van der Waals surface area contributed by atoms with E-state index in [1.165, 1.54) is 6.92 Å². The van der Waals surface area contributed by atoms with Gasteiger partial charge in [0.25, 0.3) is 0 Å². The van der Waals surface area contributed by atoms with Gasteiger partial charge in [-0.1, -0.05) is 0 Å². The second kappa shape index (κ2) is 7.24. The maximum absolute atomic E-state index is 11.1. The molecule has 0 aromatic rings. The molecule has 14 heavy (non-hydrogen) atoms. The highest BCUT2D eigenvalue weighted by atomic mass is 16.4. The van der Waals surface area contributed by atoms with Crippen LogP contribution in [0.2, 0.25) is 0 Å². The molecule has 0 spiro atoms. The lowest BCUT2D eigenvalue weighted by Crippen LogP contribution is -2.02. The number of carbonyl (C=O) groups is 3. The standard InChI is InChI=1S/C10H16O4/c1-8(11)4-2-5-9(12)6-3-7-10(13)14/h2-7H2,1H3,(H,13,14). The van der Waals surface area contributed by atoms with Crippen LogP contribution in [-0.4, -0.2) is 22.6 Å². The third-order valence-corrected chi connectivity index (χ3v) is 1.83. The largest absolute Gasteiger partial charge is 0.481 e. The van der Waals surface area contributed by atoms with Crippen molar-refractivity contribution in [2.45, 2.75) is 45.4 Å². The lowest BCUT2D eigenvalue weighted by atomic mass is 10.1. The number of carboxylic acids is 1. The molecule has 1 N–H and O–H groups in total. The summed E-state index contributed by atoms with van der Waals surface area (Å²) in [7, 11) is 0. The Morgan fingerprint density at radius 1 is 0.929 bits per heavy atom. The van der Waals surface area contributed by atoms with Crippen molar-refractivity contribution in [2.75, 3.05) is 0 Å². The molecule has 4 heteroatoms. The van der Waals surface area contributed by atoms with Gasteiger partial charge in [-0.05, 0) is 19.8 Å². The van der Waals surface area contributed by atoms with Crippen LogP contribution in [0.4, 0.5) is 0 Å². The quantitative estimate of drug-likeness (QED) is 0.645. The number of Topliss-reactive ketones (excluding diaryl/α,β-unsaturated/α-hetero) is 2. The van der Waals surface area contributed by atoms with Crippen LogP contribution < -0.4 is 0 Å². The summed E-state index contributed by atoms with van der Waals surface area (Å²) in [5.74, 6) is -0.739. The van der Waals surface area contributed by atoms with Gasteiger partial charge < -0.3 is 9.90 Å². The first-order valence-electron chi connectivity index (χ1n) is 4.75. The molecule has 80 valence electrons. The fraction of sp³-hybridized carbons (Fsp3) is 0.700. The third kappa shape index (κ3) is 8.90. The van der Waals surface area contributed by atoms with E-state index >= 15 is 0 Å². The van der Waals surface area contributed by atoms with E-state index in [1.807, 2.05) is 0 Å². The Balaban J connectivity index is 3.37. The van der Waals surface area contributed by atoms with Crippen LogP contribution in [0.3, 0.4) is 0 Å². The van der Waals surface area contributed by atoms with E-state index in [9.17, 15) is 14.4 Å². The van der Waals surface area contributed by atoms with Gasteiger partial charge in [0.05, 0.1) is 0 Å².